The van der Waals surface area contributed by atoms with Gasteiger partial charge in [0.05, 0.1) is 19.3 Å². The highest BCUT2D eigenvalue weighted by atomic mass is 32.1. The summed E-state index contributed by atoms with van der Waals surface area (Å²) in [6.45, 7) is 2.58. The average molecular weight is 277 g/mol. The lowest BCUT2D eigenvalue weighted by Crippen LogP contribution is -2.11. The maximum Gasteiger partial charge on any atom is 0.127 e. The third-order valence-corrected chi connectivity index (χ3v) is 3.82. The van der Waals surface area contributed by atoms with Crippen molar-refractivity contribution in [3.8, 4) is 11.5 Å². The minimum atomic E-state index is -0.118. The number of hydrogen-bond donors (Lipinski definition) is 1. The van der Waals surface area contributed by atoms with Crippen LogP contribution in [-0.4, -0.2) is 13.7 Å². The molecule has 1 aromatic carbocycles. The van der Waals surface area contributed by atoms with Gasteiger partial charge in [-0.1, -0.05) is 12.1 Å². The monoisotopic (exact) mass is 277 g/mol. The van der Waals surface area contributed by atoms with E-state index in [9.17, 15) is 0 Å². The number of benzene rings is 1. The Morgan fingerprint density at radius 1 is 1.21 bits per heavy atom. The molecular weight excluding hydrogens is 258 g/mol. The van der Waals surface area contributed by atoms with E-state index in [2.05, 4.69) is 17.5 Å². The van der Waals surface area contributed by atoms with Crippen LogP contribution in [0.4, 0.5) is 0 Å². The van der Waals surface area contributed by atoms with Crippen molar-refractivity contribution in [2.75, 3.05) is 13.7 Å². The van der Waals surface area contributed by atoms with Crippen molar-refractivity contribution in [2.45, 2.75) is 19.4 Å². The van der Waals surface area contributed by atoms with Crippen molar-refractivity contribution in [1.82, 2.24) is 0 Å². The quantitative estimate of drug-likeness (QED) is 0.880. The zero-order valence-corrected chi connectivity index (χ0v) is 12.1. The summed E-state index contributed by atoms with van der Waals surface area (Å²) < 4.78 is 11.2. The average Bonchev–Trinajstić information content (AvgIpc) is 2.91. The van der Waals surface area contributed by atoms with Gasteiger partial charge in [0.15, 0.2) is 0 Å². The Labute approximate surface area is 118 Å². The number of methoxy groups -OCH3 is 1. The van der Waals surface area contributed by atoms with Gasteiger partial charge in [0.1, 0.15) is 11.5 Å². The van der Waals surface area contributed by atoms with Crippen LogP contribution >= 0.6 is 11.3 Å². The number of hydrogen-bond acceptors (Lipinski definition) is 4. The molecule has 2 aromatic rings. The predicted molar refractivity (Wildman–Crippen MR) is 79.1 cm³/mol. The Kier molecular flexibility index (Phi) is 4.82. The number of thiophene rings is 1. The van der Waals surface area contributed by atoms with Crippen LogP contribution in [0.2, 0.25) is 0 Å². The van der Waals surface area contributed by atoms with Gasteiger partial charge < -0.3 is 15.2 Å². The molecule has 0 radical (unpaired) electrons. The van der Waals surface area contributed by atoms with E-state index in [0.29, 0.717) is 6.61 Å². The van der Waals surface area contributed by atoms with Crippen molar-refractivity contribution < 1.29 is 9.47 Å². The van der Waals surface area contributed by atoms with E-state index in [4.69, 9.17) is 15.2 Å². The highest BCUT2D eigenvalue weighted by Crippen LogP contribution is 2.32. The molecule has 2 N–H and O–H groups in total. The summed E-state index contributed by atoms with van der Waals surface area (Å²) in [6.07, 6.45) is 0.910. The lowest BCUT2D eigenvalue weighted by molar-refractivity contribution is 0.313. The summed E-state index contributed by atoms with van der Waals surface area (Å²) in [5.41, 5.74) is 6.93. The highest BCUT2D eigenvalue weighted by molar-refractivity contribution is 7.09. The normalized spacial score (nSPS) is 12.2. The predicted octanol–water partition coefficient (Wildman–Crippen LogP) is 3.40. The molecule has 0 bridgehead atoms. The molecule has 0 amide bonds. The van der Waals surface area contributed by atoms with Gasteiger partial charge in [-0.15, -0.1) is 11.3 Å². The first-order valence-electron chi connectivity index (χ1n) is 6.30. The van der Waals surface area contributed by atoms with Crippen LogP contribution in [0.25, 0.3) is 0 Å². The summed E-state index contributed by atoms with van der Waals surface area (Å²) in [6, 6.07) is 9.82. The lowest BCUT2D eigenvalue weighted by Gasteiger charge is -2.17. The second-order valence-corrected chi connectivity index (χ2v) is 5.37. The first-order valence-corrected chi connectivity index (χ1v) is 7.18. The topological polar surface area (TPSA) is 44.5 Å². The fourth-order valence-electron chi connectivity index (χ4n) is 1.99. The molecule has 4 heteroatoms. The van der Waals surface area contributed by atoms with E-state index in [1.165, 1.54) is 4.88 Å². The number of ether oxygens (including phenoxy) is 2. The summed E-state index contributed by atoms with van der Waals surface area (Å²) in [7, 11) is 1.65. The van der Waals surface area contributed by atoms with Gasteiger partial charge >= 0.3 is 0 Å². The molecule has 0 aliphatic rings. The van der Waals surface area contributed by atoms with Crippen molar-refractivity contribution in [3.05, 3.63) is 46.2 Å². The first-order chi connectivity index (χ1) is 9.22. The van der Waals surface area contributed by atoms with Gasteiger partial charge in [0.2, 0.25) is 0 Å². The van der Waals surface area contributed by atoms with Crippen LogP contribution in [0.5, 0.6) is 11.5 Å². The zero-order valence-electron chi connectivity index (χ0n) is 11.3. The molecule has 19 heavy (non-hydrogen) atoms. The molecule has 102 valence electrons. The third-order valence-electron chi connectivity index (χ3n) is 2.89. The molecule has 0 aliphatic carbocycles. The maximum absolute atomic E-state index is 6.00. The van der Waals surface area contributed by atoms with Crippen molar-refractivity contribution >= 4 is 11.3 Å². The first kappa shape index (κ1) is 13.9. The van der Waals surface area contributed by atoms with E-state index in [-0.39, 0.29) is 6.04 Å². The summed E-state index contributed by atoms with van der Waals surface area (Å²) >= 11 is 1.75. The Bertz CT molecular complexity index is 509. The van der Waals surface area contributed by atoms with Gasteiger partial charge in [-0.2, -0.15) is 0 Å². The Hall–Kier alpha value is -1.52. The van der Waals surface area contributed by atoms with E-state index in [0.717, 1.165) is 23.5 Å². The van der Waals surface area contributed by atoms with Crippen LogP contribution in [0.15, 0.2) is 35.7 Å². The van der Waals surface area contributed by atoms with Crippen LogP contribution in [0.3, 0.4) is 0 Å². The standard InChI is InChI=1S/C15H19NO2S/c1-11(16)15-13(17-2)6-3-7-14(15)18-9-8-12-5-4-10-19-12/h3-7,10-11H,8-9,16H2,1-2H3. The largest absolute Gasteiger partial charge is 0.496 e. The summed E-state index contributed by atoms with van der Waals surface area (Å²) in [5.74, 6) is 1.59. The smallest absolute Gasteiger partial charge is 0.127 e. The lowest BCUT2D eigenvalue weighted by atomic mass is 10.1. The minimum Gasteiger partial charge on any atom is -0.496 e. The van der Waals surface area contributed by atoms with Crippen molar-refractivity contribution in [2.24, 2.45) is 5.73 Å². The molecule has 0 spiro atoms. The maximum atomic E-state index is 6.00. The molecule has 1 atom stereocenters. The number of rotatable bonds is 6. The van der Waals surface area contributed by atoms with Crippen molar-refractivity contribution in [1.29, 1.82) is 0 Å². The van der Waals surface area contributed by atoms with Crippen LogP contribution in [0, 0.1) is 0 Å². The van der Waals surface area contributed by atoms with Crippen molar-refractivity contribution in [3.63, 3.8) is 0 Å². The second-order valence-electron chi connectivity index (χ2n) is 4.34. The molecule has 3 nitrogen and oxygen atoms in total. The molecule has 0 saturated carbocycles. The van der Waals surface area contributed by atoms with Gasteiger partial charge in [0, 0.05) is 17.3 Å². The van der Waals surface area contributed by atoms with E-state index >= 15 is 0 Å². The molecule has 1 heterocycles. The SMILES string of the molecule is COc1cccc(OCCc2cccs2)c1C(C)N. The second kappa shape index (κ2) is 6.59. The van der Waals surface area contributed by atoms with Crippen LogP contribution in [-0.2, 0) is 6.42 Å². The molecule has 0 fully saturated rings. The fourth-order valence-corrected chi connectivity index (χ4v) is 2.68. The minimum absolute atomic E-state index is 0.118. The Morgan fingerprint density at radius 2 is 2.00 bits per heavy atom. The summed E-state index contributed by atoms with van der Waals surface area (Å²) in [4.78, 5) is 1.32. The van der Waals surface area contributed by atoms with E-state index < -0.39 is 0 Å². The van der Waals surface area contributed by atoms with E-state index in [1.54, 1.807) is 18.4 Å². The molecule has 0 saturated heterocycles. The third kappa shape index (κ3) is 3.49. The molecule has 1 unspecified atom stereocenters. The molecule has 2 rings (SSSR count). The molecular formula is C15H19NO2S. The van der Waals surface area contributed by atoms with Crippen LogP contribution in [0.1, 0.15) is 23.4 Å². The van der Waals surface area contributed by atoms with E-state index in [1.807, 2.05) is 25.1 Å². The van der Waals surface area contributed by atoms with Gasteiger partial charge in [-0.05, 0) is 30.5 Å². The fraction of sp³-hybridized carbons (Fsp3) is 0.333. The van der Waals surface area contributed by atoms with Gasteiger partial charge in [-0.3, -0.25) is 0 Å². The number of nitrogens with two attached hydrogens (primary N) is 1. The Morgan fingerprint density at radius 3 is 2.63 bits per heavy atom. The van der Waals surface area contributed by atoms with Gasteiger partial charge in [0.25, 0.3) is 0 Å². The summed E-state index contributed by atoms with van der Waals surface area (Å²) in [5, 5.41) is 2.08. The van der Waals surface area contributed by atoms with Gasteiger partial charge in [-0.25, -0.2) is 0 Å². The Balaban J connectivity index is 2.07. The highest BCUT2D eigenvalue weighted by Gasteiger charge is 2.14. The molecule has 0 aliphatic heterocycles. The molecule has 1 aromatic heterocycles. The van der Waals surface area contributed by atoms with Crippen LogP contribution < -0.4 is 15.2 Å². The zero-order chi connectivity index (χ0) is 13.7.